The Morgan fingerprint density at radius 1 is 1.15 bits per heavy atom. The zero-order valence-corrected chi connectivity index (χ0v) is 13.4. The van der Waals surface area contributed by atoms with Crippen molar-refractivity contribution in [1.82, 2.24) is 14.8 Å². The number of hydrogen-bond acceptors (Lipinski definition) is 2. The van der Waals surface area contributed by atoms with E-state index in [0.717, 1.165) is 18.2 Å². The van der Waals surface area contributed by atoms with Crippen LogP contribution in [0.3, 0.4) is 0 Å². The second-order valence-corrected chi connectivity index (χ2v) is 6.34. The average molecular weight is 292 g/mol. The van der Waals surface area contributed by atoms with Crippen molar-refractivity contribution in [3.05, 3.63) is 47.5 Å². The lowest BCUT2D eigenvalue weighted by Gasteiger charge is -2.26. The van der Waals surface area contributed by atoms with Crippen molar-refractivity contribution in [2.24, 2.45) is 5.92 Å². The predicted octanol–water partition coefficient (Wildman–Crippen LogP) is 4.00. The fraction of sp³-hybridized carbons (Fsp3) is 0.500. The number of rotatable bonds is 5. The van der Waals surface area contributed by atoms with Crippen molar-refractivity contribution >= 4 is 11.6 Å². The Morgan fingerprint density at radius 3 is 2.35 bits per heavy atom. The fourth-order valence-corrected chi connectivity index (χ4v) is 2.64. The first-order valence-corrected chi connectivity index (χ1v) is 7.54. The van der Waals surface area contributed by atoms with E-state index < -0.39 is 0 Å². The highest BCUT2D eigenvalue weighted by atomic mass is 35.5. The Bertz CT molecular complexity index is 558. The van der Waals surface area contributed by atoms with E-state index in [1.165, 1.54) is 5.56 Å². The van der Waals surface area contributed by atoms with Gasteiger partial charge in [0.2, 0.25) is 0 Å². The Labute approximate surface area is 126 Å². The second-order valence-electron chi connectivity index (χ2n) is 6.07. The molecule has 0 N–H and O–H groups in total. The lowest BCUT2D eigenvalue weighted by atomic mass is 9.83. The molecule has 3 nitrogen and oxygen atoms in total. The first kappa shape index (κ1) is 15.0. The molecule has 0 saturated heterocycles. The smallest absolute Gasteiger partial charge is 0.148 e. The third-order valence-corrected chi connectivity index (χ3v) is 3.79. The molecule has 0 amide bonds. The molecule has 0 unspecified atom stereocenters. The third kappa shape index (κ3) is 2.88. The van der Waals surface area contributed by atoms with Gasteiger partial charge in [0.15, 0.2) is 0 Å². The molecular weight excluding hydrogens is 270 g/mol. The maximum absolute atomic E-state index is 6.00. The molecule has 0 aliphatic heterocycles. The maximum Gasteiger partial charge on any atom is 0.148 e. The molecule has 20 heavy (non-hydrogen) atoms. The Balaban J connectivity index is 2.49. The van der Waals surface area contributed by atoms with E-state index in [-0.39, 0.29) is 5.41 Å². The van der Waals surface area contributed by atoms with Crippen molar-refractivity contribution in [2.45, 2.75) is 45.5 Å². The highest BCUT2D eigenvalue weighted by Gasteiger charge is 2.30. The number of hydrogen-bond donors (Lipinski definition) is 0. The minimum absolute atomic E-state index is 0.187. The molecule has 1 aromatic heterocycles. The van der Waals surface area contributed by atoms with Gasteiger partial charge in [-0.25, -0.2) is 0 Å². The summed E-state index contributed by atoms with van der Waals surface area (Å²) in [7, 11) is 0. The summed E-state index contributed by atoms with van der Waals surface area (Å²) in [4.78, 5) is 0. The van der Waals surface area contributed by atoms with Crippen LogP contribution in [0.15, 0.2) is 30.3 Å². The lowest BCUT2D eigenvalue weighted by molar-refractivity contribution is 0.460. The second kappa shape index (κ2) is 5.96. The maximum atomic E-state index is 6.00. The molecule has 0 atom stereocenters. The zero-order chi connectivity index (χ0) is 14.8. The fourth-order valence-electron chi connectivity index (χ4n) is 2.44. The van der Waals surface area contributed by atoms with Crippen LogP contribution in [0.4, 0.5) is 0 Å². The van der Waals surface area contributed by atoms with Gasteiger partial charge in [0.05, 0.1) is 5.88 Å². The van der Waals surface area contributed by atoms with Crippen molar-refractivity contribution in [3.8, 4) is 0 Å². The molecule has 0 radical (unpaired) electrons. The predicted molar refractivity (Wildman–Crippen MR) is 83.0 cm³/mol. The van der Waals surface area contributed by atoms with Crippen LogP contribution in [0.2, 0.25) is 0 Å². The molecule has 0 bridgehead atoms. The summed E-state index contributed by atoms with van der Waals surface area (Å²) in [6, 6.07) is 10.4. The van der Waals surface area contributed by atoms with Gasteiger partial charge >= 0.3 is 0 Å². The molecule has 1 aromatic carbocycles. The van der Waals surface area contributed by atoms with Crippen LogP contribution >= 0.6 is 11.6 Å². The SMILES string of the molecule is CC(C)Cn1c(CCl)nnc1C(C)(C)c1ccccc1. The van der Waals surface area contributed by atoms with Crippen LogP contribution in [0.25, 0.3) is 0 Å². The van der Waals surface area contributed by atoms with Gasteiger partial charge in [-0.2, -0.15) is 0 Å². The highest BCUT2D eigenvalue weighted by molar-refractivity contribution is 6.16. The molecule has 2 rings (SSSR count). The zero-order valence-electron chi connectivity index (χ0n) is 12.6. The number of benzene rings is 1. The summed E-state index contributed by atoms with van der Waals surface area (Å²) in [5.41, 5.74) is 1.05. The molecule has 0 spiro atoms. The van der Waals surface area contributed by atoms with Gasteiger partial charge < -0.3 is 4.57 Å². The van der Waals surface area contributed by atoms with Gasteiger partial charge in [-0.1, -0.05) is 44.2 Å². The minimum Gasteiger partial charge on any atom is -0.313 e. The summed E-state index contributed by atoms with van der Waals surface area (Å²) < 4.78 is 2.17. The standard InChI is InChI=1S/C16H22ClN3/c1-12(2)11-20-14(10-17)18-19-15(20)16(3,4)13-8-6-5-7-9-13/h5-9,12H,10-11H2,1-4H3. The van der Waals surface area contributed by atoms with Gasteiger partial charge in [-0.05, 0) is 25.3 Å². The lowest BCUT2D eigenvalue weighted by Crippen LogP contribution is -2.26. The van der Waals surface area contributed by atoms with Crippen LogP contribution in [-0.2, 0) is 17.8 Å². The van der Waals surface area contributed by atoms with E-state index in [1.807, 2.05) is 6.07 Å². The quantitative estimate of drug-likeness (QED) is 0.780. The summed E-state index contributed by atoms with van der Waals surface area (Å²) in [5, 5.41) is 8.68. The first-order chi connectivity index (χ1) is 9.46. The van der Waals surface area contributed by atoms with E-state index >= 15 is 0 Å². The van der Waals surface area contributed by atoms with E-state index in [4.69, 9.17) is 11.6 Å². The number of aromatic nitrogens is 3. The summed E-state index contributed by atoms with van der Waals surface area (Å²) >= 11 is 6.00. The largest absolute Gasteiger partial charge is 0.313 e. The molecule has 4 heteroatoms. The van der Waals surface area contributed by atoms with Gasteiger partial charge in [0.25, 0.3) is 0 Å². The van der Waals surface area contributed by atoms with Crippen molar-refractivity contribution in [2.75, 3.05) is 0 Å². The molecule has 1 heterocycles. The normalized spacial score (nSPS) is 12.1. The minimum atomic E-state index is -0.187. The van der Waals surface area contributed by atoms with E-state index in [2.05, 4.69) is 66.7 Å². The Morgan fingerprint density at radius 2 is 1.80 bits per heavy atom. The van der Waals surface area contributed by atoms with Gasteiger partial charge in [-0.15, -0.1) is 21.8 Å². The van der Waals surface area contributed by atoms with E-state index in [9.17, 15) is 0 Å². The van der Waals surface area contributed by atoms with Gasteiger partial charge in [0.1, 0.15) is 11.6 Å². The van der Waals surface area contributed by atoms with Crippen molar-refractivity contribution in [3.63, 3.8) is 0 Å². The number of alkyl halides is 1. The molecular formula is C16H22ClN3. The number of halogens is 1. The highest BCUT2D eigenvalue weighted by Crippen LogP contribution is 2.31. The summed E-state index contributed by atoms with van der Waals surface area (Å²) in [5.74, 6) is 2.75. The van der Waals surface area contributed by atoms with Crippen LogP contribution in [0.1, 0.15) is 44.9 Å². The Hall–Kier alpha value is -1.35. The van der Waals surface area contributed by atoms with E-state index in [1.54, 1.807) is 0 Å². The van der Waals surface area contributed by atoms with E-state index in [0.29, 0.717) is 11.8 Å². The van der Waals surface area contributed by atoms with Crippen LogP contribution in [0.5, 0.6) is 0 Å². The molecule has 108 valence electrons. The monoisotopic (exact) mass is 291 g/mol. The van der Waals surface area contributed by atoms with Crippen LogP contribution in [-0.4, -0.2) is 14.8 Å². The molecule has 0 aliphatic carbocycles. The molecule has 2 aromatic rings. The van der Waals surface area contributed by atoms with Gasteiger partial charge in [0, 0.05) is 12.0 Å². The van der Waals surface area contributed by atoms with Gasteiger partial charge in [-0.3, -0.25) is 0 Å². The van der Waals surface area contributed by atoms with Crippen molar-refractivity contribution < 1.29 is 0 Å². The summed E-state index contributed by atoms with van der Waals surface area (Å²) in [6.45, 7) is 9.64. The van der Waals surface area contributed by atoms with Crippen LogP contribution < -0.4 is 0 Å². The van der Waals surface area contributed by atoms with Crippen molar-refractivity contribution in [1.29, 1.82) is 0 Å². The van der Waals surface area contributed by atoms with Crippen LogP contribution in [0, 0.1) is 5.92 Å². The third-order valence-electron chi connectivity index (χ3n) is 3.55. The topological polar surface area (TPSA) is 30.7 Å². The molecule has 0 fully saturated rings. The number of nitrogens with zero attached hydrogens (tertiary/aromatic N) is 3. The summed E-state index contributed by atoms with van der Waals surface area (Å²) in [6.07, 6.45) is 0. The first-order valence-electron chi connectivity index (χ1n) is 7.01. The average Bonchev–Trinajstić information content (AvgIpc) is 2.82. The molecule has 0 aliphatic rings. The Kier molecular flexibility index (Phi) is 4.48. The molecule has 0 saturated carbocycles.